The van der Waals surface area contributed by atoms with Crippen molar-refractivity contribution in [2.45, 2.75) is 26.7 Å². The maximum absolute atomic E-state index is 13.0. The number of benzene rings is 1. The van der Waals surface area contributed by atoms with Crippen LogP contribution in [0, 0.1) is 0 Å². The Bertz CT molecular complexity index is 1610. The average Bonchev–Trinajstić information content (AvgIpc) is 3.45. The molecule has 4 aromatic heterocycles. The summed E-state index contributed by atoms with van der Waals surface area (Å²) in [6.07, 6.45) is 2.19. The molecule has 34 heavy (non-hydrogen) atoms. The van der Waals surface area contributed by atoms with Gasteiger partial charge in [0.25, 0.3) is 5.56 Å². The lowest BCUT2D eigenvalue weighted by molar-refractivity contribution is -0.115. The van der Waals surface area contributed by atoms with Crippen molar-refractivity contribution in [2.75, 3.05) is 5.32 Å². The molecule has 1 aromatic carbocycles. The first-order valence-electron chi connectivity index (χ1n) is 10.8. The van der Waals surface area contributed by atoms with Crippen LogP contribution in [0.3, 0.4) is 0 Å². The van der Waals surface area contributed by atoms with E-state index in [9.17, 15) is 14.4 Å². The van der Waals surface area contributed by atoms with E-state index in [0.29, 0.717) is 45.6 Å². The van der Waals surface area contributed by atoms with E-state index in [-0.39, 0.29) is 29.6 Å². The lowest BCUT2D eigenvalue weighted by Crippen LogP contribution is -2.15. The molecule has 0 unspecified atom stereocenters. The van der Waals surface area contributed by atoms with Gasteiger partial charge in [0.2, 0.25) is 11.8 Å². The molecular formula is C23H20N8O3. The molecule has 0 saturated heterocycles. The fraction of sp³-hybridized carbons (Fsp3) is 0.174. The molecule has 0 radical (unpaired) electrons. The SMILES string of the molecule is CCC(=O)Nc1nn2c(=O)cc(-c3ccc4c(c3)nnn4C(=O)CC)[nH]c2c1-c1ccccn1. The summed E-state index contributed by atoms with van der Waals surface area (Å²) in [6.45, 7) is 3.49. The number of rotatable bonds is 5. The highest BCUT2D eigenvalue weighted by atomic mass is 16.2. The van der Waals surface area contributed by atoms with Crippen molar-refractivity contribution in [1.82, 2.24) is 34.6 Å². The molecule has 0 aliphatic heterocycles. The van der Waals surface area contributed by atoms with Crippen LogP contribution in [0.15, 0.2) is 53.5 Å². The lowest BCUT2D eigenvalue weighted by atomic mass is 10.1. The Balaban J connectivity index is 1.70. The normalized spacial score (nSPS) is 11.2. The van der Waals surface area contributed by atoms with Gasteiger partial charge in [0.1, 0.15) is 11.2 Å². The highest BCUT2D eigenvalue weighted by Gasteiger charge is 2.20. The van der Waals surface area contributed by atoms with Gasteiger partial charge in [-0.2, -0.15) is 9.20 Å². The van der Waals surface area contributed by atoms with Crippen LogP contribution in [0.4, 0.5) is 5.82 Å². The summed E-state index contributed by atoms with van der Waals surface area (Å²) in [4.78, 5) is 44.8. The van der Waals surface area contributed by atoms with Crippen LogP contribution in [0.5, 0.6) is 0 Å². The number of pyridine rings is 1. The second-order valence-corrected chi connectivity index (χ2v) is 7.57. The van der Waals surface area contributed by atoms with E-state index in [0.717, 1.165) is 0 Å². The van der Waals surface area contributed by atoms with Gasteiger partial charge in [0.15, 0.2) is 5.82 Å². The first-order chi connectivity index (χ1) is 16.5. The Morgan fingerprint density at radius 3 is 2.68 bits per heavy atom. The van der Waals surface area contributed by atoms with E-state index in [1.54, 1.807) is 50.4 Å². The Kier molecular flexibility index (Phi) is 5.21. The number of hydrogen-bond acceptors (Lipinski definition) is 7. The summed E-state index contributed by atoms with van der Waals surface area (Å²) in [5.41, 5.74) is 3.35. The summed E-state index contributed by atoms with van der Waals surface area (Å²) in [6, 6.07) is 12.1. The molecule has 0 atom stereocenters. The van der Waals surface area contributed by atoms with Gasteiger partial charge in [-0.3, -0.25) is 19.4 Å². The van der Waals surface area contributed by atoms with Crippen molar-refractivity contribution in [2.24, 2.45) is 0 Å². The van der Waals surface area contributed by atoms with Crippen molar-refractivity contribution in [3.05, 3.63) is 59.0 Å². The van der Waals surface area contributed by atoms with Gasteiger partial charge >= 0.3 is 0 Å². The summed E-state index contributed by atoms with van der Waals surface area (Å²) in [7, 11) is 0. The molecule has 0 bridgehead atoms. The van der Waals surface area contributed by atoms with E-state index in [2.05, 4.69) is 30.7 Å². The molecule has 0 fully saturated rings. The van der Waals surface area contributed by atoms with Gasteiger partial charge in [-0.25, -0.2) is 0 Å². The van der Waals surface area contributed by atoms with E-state index >= 15 is 0 Å². The first kappa shape index (κ1) is 21.2. The van der Waals surface area contributed by atoms with E-state index < -0.39 is 0 Å². The van der Waals surface area contributed by atoms with Gasteiger partial charge in [-0.15, -0.1) is 10.2 Å². The molecule has 5 aromatic rings. The fourth-order valence-corrected chi connectivity index (χ4v) is 3.68. The third kappa shape index (κ3) is 3.52. The van der Waals surface area contributed by atoms with E-state index in [1.165, 1.54) is 15.3 Å². The monoisotopic (exact) mass is 456 g/mol. The third-order valence-corrected chi connectivity index (χ3v) is 5.41. The third-order valence-electron chi connectivity index (χ3n) is 5.41. The smallest absolute Gasteiger partial charge is 0.274 e. The number of anilines is 1. The zero-order chi connectivity index (χ0) is 23.8. The summed E-state index contributed by atoms with van der Waals surface area (Å²) in [5.74, 6) is -0.151. The standard InChI is InChI=1S/C23H20N8O3/c1-3-18(32)26-22-21(14-7-5-6-10-24-14)23-25-15(12-20(34)31(23)28-22)13-8-9-17-16(11-13)27-29-30(17)19(33)4-2/h5-12,25H,3-4H2,1-2H3,(H,26,28,32). The first-order valence-corrected chi connectivity index (χ1v) is 10.8. The molecule has 11 nitrogen and oxygen atoms in total. The minimum atomic E-state index is -0.386. The van der Waals surface area contributed by atoms with Crippen molar-refractivity contribution < 1.29 is 9.59 Å². The number of amides is 1. The van der Waals surface area contributed by atoms with Gasteiger partial charge in [0.05, 0.1) is 22.5 Å². The number of aromatic amines is 1. The van der Waals surface area contributed by atoms with Crippen molar-refractivity contribution in [3.8, 4) is 22.5 Å². The quantitative estimate of drug-likeness (QED) is 0.414. The maximum Gasteiger partial charge on any atom is 0.274 e. The van der Waals surface area contributed by atoms with Crippen molar-refractivity contribution in [1.29, 1.82) is 0 Å². The minimum Gasteiger partial charge on any atom is -0.339 e. The van der Waals surface area contributed by atoms with Gasteiger partial charge in [-0.05, 0) is 24.3 Å². The molecule has 11 heteroatoms. The number of carbonyl (C=O) groups is 2. The molecule has 0 saturated carbocycles. The lowest BCUT2D eigenvalue weighted by Gasteiger charge is -2.06. The Labute approximate surface area is 192 Å². The van der Waals surface area contributed by atoms with Crippen molar-refractivity contribution in [3.63, 3.8) is 0 Å². The number of aromatic nitrogens is 7. The second-order valence-electron chi connectivity index (χ2n) is 7.57. The minimum absolute atomic E-state index is 0.161. The van der Waals surface area contributed by atoms with Gasteiger partial charge in [0, 0.05) is 30.7 Å². The molecule has 2 N–H and O–H groups in total. The number of hydrogen-bond donors (Lipinski definition) is 2. The van der Waals surface area contributed by atoms with Gasteiger partial charge in [-0.1, -0.05) is 31.2 Å². The zero-order valence-corrected chi connectivity index (χ0v) is 18.4. The molecule has 4 heterocycles. The Morgan fingerprint density at radius 2 is 1.94 bits per heavy atom. The topological polar surface area (TPSA) is 140 Å². The molecule has 0 aliphatic rings. The van der Waals surface area contributed by atoms with Crippen LogP contribution in [-0.2, 0) is 4.79 Å². The number of nitrogens with zero attached hydrogens (tertiary/aromatic N) is 6. The van der Waals surface area contributed by atoms with Crippen LogP contribution in [-0.4, -0.2) is 46.4 Å². The zero-order valence-electron chi connectivity index (χ0n) is 18.4. The fourth-order valence-electron chi connectivity index (χ4n) is 3.68. The highest BCUT2D eigenvalue weighted by molar-refractivity contribution is 5.97. The molecule has 0 spiro atoms. The van der Waals surface area contributed by atoms with Crippen LogP contribution in [0.25, 0.3) is 39.2 Å². The average molecular weight is 456 g/mol. The summed E-state index contributed by atoms with van der Waals surface area (Å²) in [5, 5.41) is 15.1. The van der Waals surface area contributed by atoms with Crippen LogP contribution in [0.2, 0.25) is 0 Å². The predicted molar refractivity (Wildman–Crippen MR) is 125 cm³/mol. The number of nitrogens with one attached hydrogen (secondary N) is 2. The highest BCUT2D eigenvalue weighted by Crippen LogP contribution is 2.30. The second kappa shape index (κ2) is 8.35. The van der Waals surface area contributed by atoms with E-state index in [1.807, 2.05) is 6.07 Å². The maximum atomic E-state index is 13.0. The van der Waals surface area contributed by atoms with Crippen LogP contribution in [0.1, 0.15) is 31.5 Å². The molecular weight excluding hydrogens is 436 g/mol. The van der Waals surface area contributed by atoms with Crippen molar-refractivity contribution >= 4 is 34.3 Å². The van der Waals surface area contributed by atoms with Crippen LogP contribution >= 0.6 is 0 Å². The largest absolute Gasteiger partial charge is 0.339 e. The number of carbonyl (C=O) groups excluding carboxylic acids is 2. The molecule has 170 valence electrons. The summed E-state index contributed by atoms with van der Waals surface area (Å²) < 4.78 is 2.47. The molecule has 0 aliphatic carbocycles. The van der Waals surface area contributed by atoms with Crippen LogP contribution < -0.4 is 10.9 Å². The van der Waals surface area contributed by atoms with E-state index in [4.69, 9.17) is 0 Å². The van der Waals surface area contributed by atoms with Gasteiger partial charge < -0.3 is 10.3 Å². The predicted octanol–water partition coefficient (Wildman–Crippen LogP) is 2.90. The number of H-pyrrole nitrogens is 1. The molecule has 5 rings (SSSR count). The summed E-state index contributed by atoms with van der Waals surface area (Å²) >= 11 is 0. The number of fused-ring (bicyclic) bond motifs is 2. The Morgan fingerprint density at radius 1 is 1.09 bits per heavy atom. The molecule has 1 amide bonds. The Hall–Kier alpha value is -4.67.